The summed E-state index contributed by atoms with van der Waals surface area (Å²) in [4.78, 5) is 29.0. The van der Waals surface area contributed by atoms with Gasteiger partial charge in [0.15, 0.2) is 0 Å². The molecule has 0 aromatic carbocycles. The monoisotopic (exact) mass is 291 g/mol. The molecule has 1 N–H and O–H groups in total. The van der Waals surface area contributed by atoms with Crippen LogP contribution < -0.4 is 10.9 Å². The maximum absolute atomic E-state index is 12.6. The van der Waals surface area contributed by atoms with E-state index in [0.717, 1.165) is 5.56 Å². The Balaban J connectivity index is 2.55. The Morgan fingerprint density at radius 3 is 2.67 bits per heavy atom. The number of fused-ring (bicyclic) bond motifs is 1. The van der Waals surface area contributed by atoms with Crippen LogP contribution in [0.1, 0.15) is 44.6 Å². The Kier molecular flexibility index (Phi) is 4.16. The molecule has 6 nitrogen and oxygen atoms in total. The van der Waals surface area contributed by atoms with Gasteiger partial charge in [-0.3, -0.25) is 14.2 Å². The van der Waals surface area contributed by atoms with E-state index in [9.17, 15) is 9.59 Å². The molecule has 1 atom stereocenters. The van der Waals surface area contributed by atoms with Crippen molar-refractivity contribution in [1.82, 2.24) is 14.9 Å². The van der Waals surface area contributed by atoms with Crippen LogP contribution in [0.3, 0.4) is 0 Å². The van der Waals surface area contributed by atoms with Crippen LogP contribution in [0.15, 0.2) is 15.5 Å². The van der Waals surface area contributed by atoms with Crippen molar-refractivity contribution < 1.29 is 9.21 Å². The average molecular weight is 291 g/mol. The number of furan rings is 1. The van der Waals surface area contributed by atoms with Crippen molar-refractivity contribution in [3.05, 3.63) is 28.0 Å². The van der Waals surface area contributed by atoms with E-state index in [1.165, 1.54) is 10.9 Å². The van der Waals surface area contributed by atoms with Gasteiger partial charge in [0.1, 0.15) is 23.5 Å². The van der Waals surface area contributed by atoms with Gasteiger partial charge in [-0.25, -0.2) is 4.98 Å². The first kappa shape index (κ1) is 15.3. The summed E-state index contributed by atoms with van der Waals surface area (Å²) < 4.78 is 6.84. The number of carbonyl (C=O) groups excluding carboxylic acids is 1. The second kappa shape index (κ2) is 5.71. The van der Waals surface area contributed by atoms with Gasteiger partial charge in [-0.2, -0.15) is 0 Å². The van der Waals surface area contributed by atoms with E-state index in [2.05, 4.69) is 10.3 Å². The van der Waals surface area contributed by atoms with Crippen molar-refractivity contribution in [2.75, 3.05) is 0 Å². The van der Waals surface area contributed by atoms with E-state index in [-0.39, 0.29) is 17.5 Å². The summed E-state index contributed by atoms with van der Waals surface area (Å²) >= 11 is 0. The van der Waals surface area contributed by atoms with Crippen LogP contribution in [0.25, 0.3) is 11.1 Å². The molecule has 2 heterocycles. The number of rotatable bonds is 4. The van der Waals surface area contributed by atoms with E-state index in [1.807, 2.05) is 27.7 Å². The SMILES string of the molecule is CC[C@@H](C(=O)NC(C)C)n1cnc2oc(C)c(C)c2c1=O. The molecule has 114 valence electrons. The van der Waals surface area contributed by atoms with Crippen LogP contribution in [0.5, 0.6) is 0 Å². The lowest BCUT2D eigenvalue weighted by Crippen LogP contribution is -2.40. The molecule has 0 spiro atoms. The molecule has 0 aliphatic heterocycles. The Morgan fingerprint density at radius 1 is 1.43 bits per heavy atom. The van der Waals surface area contributed by atoms with E-state index in [4.69, 9.17) is 4.42 Å². The second-order valence-corrected chi connectivity index (χ2v) is 5.51. The number of hydrogen-bond acceptors (Lipinski definition) is 4. The first-order valence-corrected chi connectivity index (χ1v) is 7.14. The summed E-state index contributed by atoms with van der Waals surface area (Å²) in [6.45, 7) is 9.26. The third kappa shape index (κ3) is 2.70. The van der Waals surface area contributed by atoms with Crippen LogP contribution >= 0.6 is 0 Å². The Morgan fingerprint density at radius 2 is 2.10 bits per heavy atom. The van der Waals surface area contributed by atoms with Crippen LogP contribution in [-0.4, -0.2) is 21.5 Å². The Hall–Kier alpha value is -2.11. The topological polar surface area (TPSA) is 77.1 Å². The van der Waals surface area contributed by atoms with E-state index >= 15 is 0 Å². The van der Waals surface area contributed by atoms with Gasteiger partial charge < -0.3 is 9.73 Å². The lowest BCUT2D eigenvalue weighted by atomic mass is 10.1. The van der Waals surface area contributed by atoms with Gasteiger partial charge in [0.25, 0.3) is 5.56 Å². The van der Waals surface area contributed by atoms with Crippen molar-refractivity contribution in [2.24, 2.45) is 0 Å². The van der Waals surface area contributed by atoms with E-state index in [0.29, 0.717) is 23.3 Å². The molecule has 0 fully saturated rings. The Labute approximate surface area is 123 Å². The van der Waals surface area contributed by atoms with Crippen LogP contribution in [0.2, 0.25) is 0 Å². The predicted molar refractivity (Wildman–Crippen MR) is 80.3 cm³/mol. The second-order valence-electron chi connectivity index (χ2n) is 5.51. The first-order valence-electron chi connectivity index (χ1n) is 7.14. The molecule has 2 aromatic rings. The lowest BCUT2D eigenvalue weighted by molar-refractivity contribution is -0.125. The molecule has 0 bridgehead atoms. The van der Waals surface area contributed by atoms with Crippen molar-refractivity contribution in [2.45, 2.75) is 53.1 Å². The van der Waals surface area contributed by atoms with Gasteiger partial charge in [0.05, 0.1) is 0 Å². The maximum Gasteiger partial charge on any atom is 0.265 e. The highest BCUT2D eigenvalue weighted by molar-refractivity contribution is 5.82. The van der Waals surface area contributed by atoms with Crippen molar-refractivity contribution in [1.29, 1.82) is 0 Å². The largest absolute Gasteiger partial charge is 0.443 e. The molecule has 2 rings (SSSR count). The minimum absolute atomic E-state index is 0.0249. The molecular weight excluding hydrogens is 270 g/mol. The molecule has 2 aromatic heterocycles. The van der Waals surface area contributed by atoms with Crippen molar-refractivity contribution >= 4 is 17.0 Å². The molecule has 21 heavy (non-hydrogen) atoms. The van der Waals surface area contributed by atoms with E-state index in [1.54, 1.807) is 6.92 Å². The highest BCUT2D eigenvalue weighted by Crippen LogP contribution is 2.20. The molecule has 0 aliphatic rings. The molecule has 6 heteroatoms. The molecule has 1 amide bonds. The number of aryl methyl sites for hydroxylation is 2. The first-order chi connectivity index (χ1) is 9.86. The van der Waals surface area contributed by atoms with Crippen molar-refractivity contribution in [3.8, 4) is 0 Å². The molecule has 0 radical (unpaired) electrons. The molecule has 0 saturated heterocycles. The summed E-state index contributed by atoms with van der Waals surface area (Å²) in [7, 11) is 0. The third-order valence-corrected chi connectivity index (χ3v) is 3.57. The summed E-state index contributed by atoms with van der Waals surface area (Å²) in [5.74, 6) is 0.501. The summed E-state index contributed by atoms with van der Waals surface area (Å²) in [6.07, 6.45) is 1.91. The van der Waals surface area contributed by atoms with Gasteiger partial charge in [-0.15, -0.1) is 0 Å². The van der Waals surface area contributed by atoms with Gasteiger partial charge in [-0.05, 0) is 34.1 Å². The summed E-state index contributed by atoms with van der Waals surface area (Å²) in [5.41, 5.74) is 0.862. The quantitative estimate of drug-likeness (QED) is 0.935. The van der Waals surface area contributed by atoms with E-state index < -0.39 is 6.04 Å². The third-order valence-electron chi connectivity index (χ3n) is 3.57. The number of nitrogens with zero attached hydrogens (tertiary/aromatic N) is 2. The maximum atomic E-state index is 12.6. The number of amides is 1. The summed E-state index contributed by atoms with van der Waals surface area (Å²) in [6, 6.07) is -0.539. The summed E-state index contributed by atoms with van der Waals surface area (Å²) in [5, 5.41) is 3.29. The zero-order chi connectivity index (χ0) is 15.7. The normalized spacial score (nSPS) is 12.9. The Bertz CT molecular complexity index is 728. The number of aromatic nitrogens is 2. The molecular formula is C15H21N3O3. The number of hydrogen-bond donors (Lipinski definition) is 1. The van der Waals surface area contributed by atoms with Crippen LogP contribution in [-0.2, 0) is 4.79 Å². The minimum Gasteiger partial charge on any atom is -0.443 e. The van der Waals surface area contributed by atoms with Gasteiger partial charge >= 0.3 is 0 Å². The fourth-order valence-electron chi connectivity index (χ4n) is 2.36. The van der Waals surface area contributed by atoms with Gasteiger partial charge in [0, 0.05) is 11.6 Å². The number of carbonyl (C=O) groups is 1. The van der Waals surface area contributed by atoms with Crippen molar-refractivity contribution in [3.63, 3.8) is 0 Å². The fourth-order valence-corrected chi connectivity index (χ4v) is 2.36. The van der Waals surface area contributed by atoms with Gasteiger partial charge in [0.2, 0.25) is 11.6 Å². The average Bonchev–Trinajstić information content (AvgIpc) is 2.68. The highest BCUT2D eigenvalue weighted by Gasteiger charge is 2.23. The predicted octanol–water partition coefficient (Wildman–Crippen LogP) is 2.08. The lowest BCUT2D eigenvalue weighted by Gasteiger charge is -2.19. The van der Waals surface area contributed by atoms with Gasteiger partial charge in [-0.1, -0.05) is 6.92 Å². The highest BCUT2D eigenvalue weighted by atomic mass is 16.3. The zero-order valence-corrected chi connectivity index (χ0v) is 13.1. The zero-order valence-electron chi connectivity index (χ0n) is 13.1. The van der Waals surface area contributed by atoms with Crippen LogP contribution in [0.4, 0.5) is 0 Å². The number of nitrogens with one attached hydrogen (secondary N) is 1. The minimum atomic E-state index is -0.564. The molecule has 0 saturated carbocycles. The fraction of sp³-hybridized carbons (Fsp3) is 0.533. The van der Waals surface area contributed by atoms with Crippen LogP contribution in [0, 0.1) is 13.8 Å². The molecule has 0 aliphatic carbocycles. The molecule has 0 unspecified atom stereocenters. The smallest absolute Gasteiger partial charge is 0.265 e. The standard InChI is InChI=1S/C15H21N3O3/c1-6-11(13(19)17-8(2)3)18-7-16-14-12(15(18)20)9(4)10(5)21-14/h7-8,11H,6H2,1-5H3,(H,17,19)/t11-/m0/s1.